The fraction of sp³-hybridized carbons (Fsp3) is 0.0833. The topological polar surface area (TPSA) is 50.9 Å². The number of nitrogens with two attached hydrogens (primary N) is 1. The van der Waals surface area contributed by atoms with Gasteiger partial charge in [-0.15, -0.1) is 0 Å². The molecule has 3 nitrogen and oxygen atoms in total. The summed E-state index contributed by atoms with van der Waals surface area (Å²) in [5.41, 5.74) is 7.50. The monoisotopic (exact) mass is 233 g/mol. The smallest absolute Gasteiger partial charge is 0.145 e. The van der Waals surface area contributed by atoms with E-state index in [2.05, 4.69) is 10.3 Å². The van der Waals surface area contributed by atoms with Gasteiger partial charge in [-0.1, -0.05) is 23.7 Å². The number of benzene rings is 1. The lowest BCUT2D eigenvalue weighted by Gasteiger charge is -2.07. The molecular weight excluding hydrogens is 222 g/mol. The van der Waals surface area contributed by atoms with E-state index in [0.29, 0.717) is 17.4 Å². The summed E-state index contributed by atoms with van der Waals surface area (Å²) in [6.07, 6.45) is 1.71. The molecule has 0 aliphatic rings. The second-order valence-corrected chi connectivity index (χ2v) is 3.84. The number of rotatable bonds is 3. The first-order valence-electron chi connectivity index (χ1n) is 4.94. The maximum Gasteiger partial charge on any atom is 0.145 e. The summed E-state index contributed by atoms with van der Waals surface area (Å²) in [6.45, 7) is 0.678. The third kappa shape index (κ3) is 2.64. The summed E-state index contributed by atoms with van der Waals surface area (Å²) < 4.78 is 0. The van der Waals surface area contributed by atoms with E-state index < -0.39 is 0 Å². The number of nitrogens with zero attached hydrogens (tertiary/aromatic N) is 1. The van der Waals surface area contributed by atoms with Crippen molar-refractivity contribution in [3.63, 3.8) is 0 Å². The molecule has 0 saturated carbocycles. The maximum absolute atomic E-state index is 5.97. The zero-order chi connectivity index (χ0) is 11.4. The van der Waals surface area contributed by atoms with E-state index >= 15 is 0 Å². The number of anilines is 2. The van der Waals surface area contributed by atoms with Crippen LogP contribution in [-0.4, -0.2) is 4.98 Å². The van der Waals surface area contributed by atoms with E-state index in [9.17, 15) is 0 Å². The molecule has 1 heterocycles. The SMILES string of the molecule is Nc1ccc(CNc2ncccc2Cl)cc1. The Bertz CT molecular complexity index is 468. The van der Waals surface area contributed by atoms with Crippen molar-refractivity contribution < 1.29 is 0 Å². The molecule has 4 heteroatoms. The van der Waals surface area contributed by atoms with Gasteiger partial charge in [-0.25, -0.2) is 4.98 Å². The number of hydrogen-bond acceptors (Lipinski definition) is 3. The fourth-order valence-electron chi connectivity index (χ4n) is 1.34. The number of hydrogen-bond donors (Lipinski definition) is 2. The third-order valence-corrected chi connectivity index (χ3v) is 2.50. The Morgan fingerprint density at radius 1 is 1.19 bits per heavy atom. The number of aromatic nitrogens is 1. The maximum atomic E-state index is 5.97. The molecule has 0 fully saturated rings. The van der Waals surface area contributed by atoms with E-state index in [0.717, 1.165) is 11.3 Å². The van der Waals surface area contributed by atoms with Gasteiger partial charge in [-0.05, 0) is 29.8 Å². The van der Waals surface area contributed by atoms with Crippen molar-refractivity contribution in [2.75, 3.05) is 11.1 Å². The highest BCUT2D eigenvalue weighted by Gasteiger charge is 1.99. The molecule has 0 spiro atoms. The van der Waals surface area contributed by atoms with Crippen molar-refractivity contribution in [3.8, 4) is 0 Å². The zero-order valence-corrected chi connectivity index (χ0v) is 9.41. The molecule has 0 atom stereocenters. The van der Waals surface area contributed by atoms with Crippen LogP contribution in [0, 0.1) is 0 Å². The van der Waals surface area contributed by atoms with E-state index in [1.807, 2.05) is 24.3 Å². The van der Waals surface area contributed by atoms with Crippen molar-refractivity contribution in [1.82, 2.24) is 4.98 Å². The van der Waals surface area contributed by atoms with Crippen LogP contribution in [0.5, 0.6) is 0 Å². The van der Waals surface area contributed by atoms with Gasteiger partial charge in [0.1, 0.15) is 5.82 Å². The molecule has 1 aromatic carbocycles. The van der Waals surface area contributed by atoms with Crippen molar-refractivity contribution >= 4 is 23.1 Å². The summed E-state index contributed by atoms with van der Waals surface area (Å²) in [4.78, 5) is 4.14. The Labute approximate surface area is 99.3 Å². The van der Waals surface area contributed by atoms with E-state index in [1.54, 1.807) is 18.3 Å². The highest BCUT2D eigenvalue weighted by atomic mass is 35.5. The van der Waals surface area contributed by atoms with Crippen LogP contribution in [0.2, 0.25) is 5.02 Å². The van der Waals surface area contributed by atoms with E-state index in [-0.39, 0.29) is 0 Å². The second kappa shape index (κ2) is 4.86. The Hall–Kier alpha value is -1.74. The largest absolute Gasteiger partial charge is 0.399 e. The molecule has 3 N–H and O–H groups in total. The molecule has 0 saturated heterocycles. The third-order valence-electron chi connectivity index (χ3n) is 2.20. The first-order chi connectivity index (χ1) is 7.75. The molecular formula is C12H12ClN3. The normalized spacial score (nSPS) is 10.1. The number of nitrogen functional groups attached to an aromatic ring is 1. The van der Waals surface area contributed by atoms with Crippen LogP contribution in [0.1, 0.15) is 5.56 Å². The van der Waals surface area contributed by atoms with Crippen LogP contribution in [-0.2, 0) is 6.54 Å². The highest BCUT2D eigenvalue weighted by molar-refractivity contribution is 6.32. The number of pyridine rings is 1. The Morgan fingerprint density at radius 2 is 1.94 bits per heavy atom. The molecule has 0 amide bonds. The molecule has 0 radical (unpaired) electrons. The lowest BCUT2D eigenvalue weighted by molar-refractivity contribution is 1.11. The summed E-state index contributed by atoms with van der Waals surface area (Å²) in [6, 6.07) is 11.3. The van der Waals surface area contributed by atoms with Gasteiger partial charge in [-0.2, -0.15) is 0 Å². The van der Waals surface area contributed by atoms with Crippen LogP contribution in [0.15, 0.2) is 42.6 Å². The summed E-state index contributed by atoms with van der Waals surface area (Å²) in [5, 5.41) is 3.79. The Morgan fingerprint density at radius 3 is 2.62 bits per heavy atom. The predicted molar refractivity (Wildman–Crippen MR) is 67.4 cm³/mol. The first kappa shape index (κ1) is 10.8. The van der Waals surface area contributed by atoms with Gasteiger partial charge in [0.25, 0.3) is 0 Å². The fourth-order valence-corrected chi connectivity index (χ4v) is 1.53. The molecule has 0 bridgehead atoms. The number of halogens is 1. The summed E-state index contributed by atoms with van der Waals surface area (Å²) >= 11 is 5.97. The zero-order valence-electron chi connectivity index (χ0n) is 8.65. The average Bonchev–Trinajstić information content (AvgIpc) is 2.30. The van der Waals surface area contributed by atoms with Crippen molar-refractivity contribution in [2.45, 2.75) is 6.54 Å². The van der Waals surface area contributed by atoms with Crippen LogP contribution >= 0.6 is 11.6 Å². The van der Waals surface area contributed by atoms with Crippen molar-refractivity contribution in [2.24, 2.45) is 0 Å². The van der Waals surface area contributed by atoms with Crippen LogP contribution in [0.25, 0.3) is 0 Å². The standard InChI is InChI=1S/C12H12ClN3/c13-11-2-1-7-15-12(11)16-8-9-3-5-10(14)6-4-9/h1-7H,8,14H2,(H,15,16). The number of nitrogens with one attached hydrogen (secondary N) is 1. The Balaban J connectivity index is 2.02. The molecule has 16 heavy (non-hydrogen) atoms. The van der Waals surface area contributed by atoms with Crippen LogP contribution < -0.4 is 11.1 Å². The summed E-state index contributed by atoms with van der Waals surface area (Å²) in [5.74, 6) is 0.695. The molecule has 82 valence electrons. The van der Waals surface area contributed by atoms with E-state index in [4.69, 9.17) is 17.3 Å². The molecule has 0 unspecified atom stereocenters. The van der Waals surface area contributed by atoms with Gasteiger partial charge < -0.3 is 11.1 Å². The highest BCUT2D eigenvalue weighted by Crippen LogP contribution is 2.18. The minimum atomic E-state index is 0.623. The van der Waals surface area contributed by atoms with Gasteiger partial charge in [-0.3, -0.25) is 0 Å². The van der Waals surface area contributed by atoms with Gasteiger partial charge >= 0.3 is 0 Å². The molecule has 0 aliphatic heterocycles. The average molecular weight is 234 g/mol. The molecule has 1 aromatic heterocycles. The van der Waals surface area contributed by atoms with Crippen LogP contribution in [0.4, 0.5) is 11.5 Å². The van der Waals surface area contributed by atoms with Gasteiger partial charge in [0.2, 0.25) is 0 Å². The minimum Gasteiger partial charge on any atom is -0.399 e. The lowest BCUT2D eigenvalue weighted by Crippen LogP contribution is -2.01. The second-order valence-electron chi connectivity index (χ2n) is 3.43. The quantitative estimate of drug-likeness (QED) is 0.802. The van der Waals surface area contributed by atoms with Gasteiger partial charge in [0.05, 0.1) is 5.02 Å². The first-order valence-corrected chi connectivity index (χ1v) is 5.32. The van der Waals surface area contributed by atoms with Crippen molar-refractivity contribution in [1.29, 1.82) is 0 Å². The lowest BCUT2D eigenvalue weighted by atomic mass is 10.2. The summed E-state index contributed by atoms with van der Waals surface area (Å²) in [7, 11) is 0. The van der Waals surface area contributed by atoms with E-state index in [1.165, 1.54) is 0 Å². The molecule has 2 rings (SSSR count). The minimum absolute atomic E-state index is 0.623. The molecule has 2 aromatic rings. The molecule has 0 aliphatic carbocycles. The Kier molecular flexibility index (Phi) is 3.27. The van der Waals surface area contributed by atoms with Gasteiger partial charge in [0.15, 0.2) is 0 Å². The van der Waals surface area contributed by atoms with Crippen molar-refractivity contribution in [3.05, 3.63) is 53.2 Å². The van der Waals surface area contributed by atoms with Crippen LogP contribution in [0.3, 0.4) is 0 Å². The predicted octanol–water partition coefficient (Wildman–Crippen LogP) is 2.93. The van der Waals surface area contributed by atoms with Gasteiger partial charge in [0, 0.05) is 18.4 Å².